The van der Waals surface area contributed by atoms with Crippen molar-refractivity contribution in [2.75, 3.05) is 4.72 Å². The second-order valence-corrected chi connectivity index (χ2v) is 5.93. The molecular weight excluding hydrogens is 294 g/mol. The average molecular weight is 305 g/mol. The first-order valence-corrected chi connectivity index (χ1v) is 7.27. The quantitative estimate of drug-likeness (QED) is 0.793. The number of rotatable bonds is 4. The summed E-state index contributed by atoms with van der Waals surface area (Å²) in [5.74, 6) is -1.23. The van der Waals surface area contributed by atoms with Gasteiger partial charge in [-0.3, -0.25) is 4.72 Å². The van der Waals surface area contributed by atoms with Gasteiger partial charge in [0.1, 0.15) is 5.56 Å². The molecule has 0 amide bonds. The van der Waals surface area contributed by atoms with Gasteiger partial charge in [0.2, 0.25) is 0 Å². The molecule has 1 aromatic carbocycles. The molecule has 0 atom stereocenters. The number of anilines is 1. The standard InChI is InChI=1S/C13H11N3O4S/c1-8-12(13(17)18)11(7-15-8)16-21(19,20)10-4-2-9(6-14)3-5-10/h2-5,7,15-16H,1H3,(H,17,18). The Labute approximate surface area is 120 Å². The SMILES string of the molecule is Cc1[nH]cc(NS(=O)(=O)c2ccc(C#N)cc2)c1C(=O)O. The van der Waals surface area contributed by atoms with Crippen LogP contribution in [0.1, 0.15) is 21.6 Å². The van der Waals surface area contributed by atoms with Crippen LogP contribution in [-0.4, -0.2) is 24.5 Å². The number of nitrogens with one attached hydrogen (secondary N) is 2. The van der Waals surface area contributed by atoms with Gasteiger partial charge in [0.25, 0.3) is 10.0 Å². The molecule has 0 radical (unpaired) electrons. The summed E-state index contributed by atoms with van der Waals surface area (Å²) in [5, 5.41) is 17.8. The zero-order valence-electron chi connectivity index (χ0n) is 10.9. The lowest BCUT2D eigenvalue weighted by atomic mass is 10.2. The molecule has 0 saturated carbocycles. The van der Waals surface area contributed by atoms with Crippen molar-refractivity contribution >= 4 is 21.7 Å². The molecule has 0 aliphatic heterocycles. The predicted molar refractivity (Wildman–Crippen MR) is 74.5 cm³/mol. The molecule has 0 unspecified atom stereocenters. The fraction of sp³-hybridized carbons (Fsp3) is 0.0769. The van der Waals surface area contributed by atoms with E-state index in [-0.39, 0.29) is 16.1 Å². The first-order chi connectivity index (χ1) is 9.85. The van der Waals surface area contributed by atoms with Crippen LogP contribution >= 0.6 is 0 Å². The van der Waals surface area contributed by atoms with E-state index in [1.807, 2.05) is 6.07 Å². The van der Waals surface area contributed by atoms with Gasteiger partial charge >= 0.3 is 5.97 Å². The summed E-state index contributed by atoms with van der Waals surface area (Å²) >= 11 is 0. The monoisotopic (exact) mass is 305 g/mol. The van der Waals surface area contributed by atoms with Crippen LogP contribution in [0.2, 0.25) is 0 Å². The highest BCUT2D eigenvalue weighted by molar-refractivity contribution is 7.92. The number of hydrogen-bond acceptors (Lipinski definition) is 4. The number of carboxylic acids is 1. The van der Waals surface area contributed by atoms with Crippen LogP contribution in [0.5, 0.6) is 0 Å². The number of carboxylic acid groups (broad SMARTS) is 1. The number of hydrogen-bond donors (Lipinski definition) is 3. The van der Waals surface area contributed by atoms with E-state index in [0.29, 0.717) is 11.3 Å². The smallest absolute Gasteiger partial charge is 0.339 e. The van der Waals surface area contributed by atoms with Crippen LogP contribution in [0.3, 0.4) is 0 Å². The maximum Gasteiger partial charge on any atom is 0.339 e. The van der Waals surface area contributed by atoms with E-state index in [1.165, 1.54) is 37.4 Å². The molecule has 0 fully saturated rings. The molecule has 0 spiro atoms. The summed E-state index contributed by atoms with van der Waals surface area (Å²) in [7, 11) is -3.92. The largest absolute Gasteiger partial charge is 0.478 e. The molecular formula is C13H11N3O4S. The summed E-state index contributed by atoms with van der Waals surface area (Å²) in [6.45, 7) is 1.53. The van der Waals surface area contributed by atoms with Gasteiger partial charge < -0.3 is 10.1 Å². The summed E-state index contributed by atoms with van der Waals surface area (Å²) in [6, 6.07) is 7.18. The number of sulfonamides is 1. The lowest BCUT2D eigenvalue weighted by Crippen LogP contribution is -2.14. The van der Waals surface area contributed by atoms with Gasteiger partial charge in [-0.1, -0.05) is 0 Å². The van der Waals surface area contributed by atoms with Crippen molar-refractivity contribution in [3.05, 3.63) is 47.3 Å². The Hall–Kier alpha value is -2.79. The van der Waals surface area contributed by atoms with E-state index in [4.69, 9.17) is 10.4 Å². The summed E-state index contributed by atoms with van der Waals surface area (Å²) < 4.78 is 26.6. The number of nitrogens with zero attached hydrogens (tertiary/aromatic N) is 1. The average Bonchev–Trinajstić information content (AvgIpc) is 2.79. The maximum atomic E-state index is 12.2. The highest BCUT2D eigenvalue weighted by Gasteiger charge is 2.21. The molecule has 0 aliphatic carbocycles. The lowest BCUT2D eigenvalue weighted by Gasteiger charge is -2.07. The first-order valence-electron chi connectivity index (χ1n) is 5.79. The molecule has 1 aromatic heterocycles. The molecule has 3 N–H and O–H groups in total. The fourth-order valence-corrected chi connectivity index (χ4v) is 2.86. The zero-order chi connectivity index (χ0) is 15.6. The van der Waals surface area contributed by atoms with Gasteiger partial charge in [0, 0.05) is 11.9 Å². The van der Waals surface area contributed by atoms with Gasteiger partial charge in [-0.25, -0.2) is 13.2 Å². The lowest BCUT2D eigenvalue weighted by molar-refractivity contribution is 0.0697. The third kappa shape index (κ3) is 2.88. The molecule has 7 nitrogen and oxygen atoms in total. The number of aromatic carboxylic acids is 1. The maximum absolute atomic E-state index is 12.2. The molecule has 8 heteroatoms. The third-order valence-corrected chi connectivity index (χ3v) is 4.21. The summed E-state index contributed by atoms with van der Waals surface area (Å²) in [5.41, 5.74) is 0.509. The minimum Gasteiger partial charge on any atom is -0.478 e. The number of aromatic nitrogens is 1. The number of benzene rings is 1. The number of H-pyrrole nitrogens is 1. The van der Waals surface area contributed by atoms with Gasteiger partial charge in [-0.2, -0.15) is 5.26 Å². The Kier molecular flexibility index (Phi) is 3.69. The number of aryl methyl sites for hydroxylation is 1. The Balaban J connectivity index is 2.38. The zero-order valence-corrected chi connectivity index (χ0v) is 11.7. The molecule has 2 aromatic rings. The highest BCUT2D eigenvalue weighted by Crippen LogP contribution is 2.23. The van der Waals surface area contributed by atoms with Crippen molar-refractivity contribution in [3.63, 3.8) is 0 Å². The minimum atomic E-state index is -3.92. The third-order valence-electron chi connectivity index (χ3n) is 2.83. The summed E-state index contributed by atoms with van der Waals surface area (Å²) in [6.07, 6.45) is 1.28. The minimum absolute atomic E-state index is 0.0376. The van der Waals surface area contributed by atoms with Gasteiger partial charge in [-0.05, 0) is 31.2 Å². The van der Waals surface area contributed by atoms with E-state index in [2.05, 4.69) is 9.71 Å². The Bertz CT molecular complexity index is 829. The van der Waals surface area contributed by atoms with Crippen LogP contribution in [0.15, 0.2) is 35.4 Å². The van der Waals surface area contributed by atoms with Crippen molar-refractivity contribution in [2.24, 2.45) is 0 Å². The van der Waals surface area contributed by atoms with E-state index in [1.54, 1.807) is 0 Å². The van der Waals surface area contributed by atoms with E-state index in [0.717, 1.165) is 0 Å². The predicted octanol–water partition coefficient (Wildman–Crippen LogP) is 1.69. The van der Waals surface area contributed by atoms with Gasteiger partial charge in [-0.15, -0.1) is 0 Å². The van der Waals surface area contributed by atoms with Crippen molar-refractivity contribution in [1.82, 2.24) is 4.98 Å². The van der Waals surface area contributed by atoms with Gasteiger partial charge in [0.05, 0.1) is 22.2 Å². The molecule has 0 aliphatic rings. The topological polar surface area (TPSA) is 123 Å². The van der Waals surface area contributed by atoms with Crippen molar-refractivity contribution < 1.29 is 18.3 Å². The molecule has 2 rings (SSSR count). The summed E-state index contributed by atoms with van der Waals surface area (Å²) in [4.78, 5) is 13.7. The normalized spacial score (nSPS) is 10.9. The van der Waals surface area contributed by atoms with Crippen LogP contribution in [0.4, 0.5) is 5.69 Å². The molecule has 1 heterocycles. The van der Waals surface area contributed by atoms with E-state index < -0.39 is 16.0 Å². The van der Waals surface area contributed by atoms with Crippen molar-refractivity contribution in [1.29, 1.82) is 5.26 Å². The molecule has 21 heavy (non-hydrogen) atoms. The Morgan fingerprint density at radius 3 is 2.48 bits per heavy atom. The van der Waals surface area contributed by atoms with Crippen LogP contribution < -0.4 is 4.72 Å². The Morgan fingerprint density at radius 1 is 1.33 bits per heavy atom. The Morgan fingerprint density at radius 2 is 1.95 bits per heavy atom. The van der Waals surface area contributed by atoms with Crippen molar-refractivity contribution in [2.45, 2.75) is 11.8 Å². The number of carbonyl (C=O) groups is 1. The van der Waals surface area contributed by atoms with Crippen LogP contribution in [0.25, 0.3) is 0 Å². The number of nitriles is 1. The van der Waals surface area contributed by atoms with E-state index in [9.17, 15) is 13.2 Å². The molecule has 108 valence electrons. The second-order valence-electron chi connectivity index (χ2n) is 4.25. The van der Waals surface area contributed by atoms with Crippen LogP contribution in [0, 0.1) is 18.3 Å². The van der Waals surface area contributed by atoms with Crippen LogP contribution in [-0.2, 0) is 10.0 Å². The second kappa shape index (κ2) is 5.30. The van der Waals surface area contributed by atoms with Gasteiger partial charge in [0.15, 0.2) is 0 Å². The highest BCUT2D eigenvalue weighted by atomic mass is 32.2. The van der Waals surface area contributed by atoms with E-state index >= 15 is 0 Å². The number of aromatic amines is 1. The first kappa shape index (κ1) is 14.6. The molecule has 0 bridgehead atoms. The molecule has 0 saturated heterocycles. The van der Waals surface area contributed by atoms with Crippen molar-refractivity contribution in [3.8, 4) is 6.07 Å². The fourth-order valence-electron chi connectivity index (χ4n) is 1.80.